The Labute approximate surface area is 169 Å². The fourth-order valence-corrected chi connectivity index (χ4v) is 3.80. The predicted molar refractivity (Wildman–Crippen MR) is 116 cm³/mol. The van der Waals surface area contributed by atoms with Gasteiger partial charge < -0.3 is 11.1 Å². The molecule has 0 spiro atoms. The minimum absolute atomic E-state index is 0. The molecule has 2 fully saturated rings. The van der Waals surface area contributed by atoms with E-state index < -0.39 is 0 Å². The summed E-state index contributed by atoms with van der Waals surface area (Å²) in [6.45, 7) is 4.23. The van der Waals surface area contributed by atoms with E-state index in [1.165, 1.54) is 75.6 Å². The van der Waals surface area contributed by atoms with Crippen LogP contribution in [0.25, 0.3) is 0 Å². The standard InChI is InChI=1S/C20H32N4.HI/c21-20(23-19-7-3-1-4-8-19)22-15-17-9-11-18(12-10-17)16-24-13-5-2-6-14-24;/h9-12,19H,1-8,13-16H2,(H3,21,22,23);1H. The number of hydrogen-bond donors (Lipinski definition) is 2. The Balaban J connectivity index is 0.00000225. The molecule has 1 aliphatic carbocycles. The smallest absolute Gasteiger partial charge is 0.189 e. The fourth-order valence-electron chi connectivity index (χ4n) is 3.80. The first kappa shape index (κ1) is 20.5. The molecule has 2 aliphatic rings. The molecular weight excluding hydrogens is 423 g/mol. The molecule has 0 radical (unpaired) electrons. The third kappa shape index (κ3) is 7.13. The highest BCUT2D eigenvalue weighted by Crippen LogP contribution is 2.17. The van der Waals surface area contributed by atoms with Gasteiger partial charge in [-0.15, -0.1) is 24.0 Å². The van der Waals surface area contributed by atoms with Crippen LogP contribution in [0.4, 0.5) is 0 Å². The zero-order valence-corrected chi connectivity index (χ0v) is 17.6. The van der Waals surface area contributed by atoms with Crippen LogP contribution in [0, 0.1) is 0 Å². The Morgan fingerprint density at radius 3 is 2.24 bits per heavy atom. The summed E-state index contributed by atoms with van der Waals surface area (Å²) in [6, 6.07) is 9.39. The van der Waals surface area contributed by atoms with Gasteiger partial charge >= 0.3 is 0 Å². The quantitative estimate of drug-likeness (QED) is 0.400. The third-order valence-electron chi connectivity index (χ3n) is 5.27. The van der Waals surface area contributed by atoms with E-state index in [-0.39, 0.29) is 24.0 Å². The Morgan fingerprint density at radius 1 is 0.960 bits per heavy atom. The first-order valence-electron chi connectivity index (χ1n) is 9.66. The number of nitrogens with two attached hydrogens (primary N) is 1. The summed E-state index contributed by atoms with van der Waals surface area (Å²) in [4.78, 5) is 7.07. The molecular formula is C20H33IN4. The van der Waals surface area contributed by atoms with E-state index in [1.54, 1.807) is 0 Å². The Kier molecular flexibility index (Phi) is 9.03. The van der Waals surface area contributed by atoms with Crippen molar-refractivity contribution in [3.63, 3.8) is 0 Å². The largest absolute Gasteiger partial charge is 0.370 e. The topological polar surface area (TPSA) is 53.6 Å². The summed E-state index contributed by atoms with van der Waals surface area (Å²) < 4.78 is 0. The van der Waals surface area contributed by atoms with Gasteiger partial charge in [-0.05, 0) is 49.9 Å². The monoisotopic (exact) mass is 456 g/mol. The summed E-state index contributed by atoms with van der Waals surface area (Å²) in [5, 5.41) is 3.38. The van der Waals surface area contributed by atoms with Gasteiger partial charge in [0.2, 0.25) is 0 Å². The molecule has 4 nitrogen and oxygen atoms in total. The number of likely N-dealkylation sites (tertiary alicyclic amines) is 1. The second kappa shape index (κ2) is 11.0. The van der Waals surface area contributed by atoms with E-state index in [2.05, 4.69) is 39.5 Å². The van der Waals surface area contributed by atoms with E-state index in [9.17, 15) is 0 Å². The average molecular weight is 456 g/mol. The minimum atomic E-state index is 0. The first-order valence-corrected chi connectivity index (χ1v) is 9.66. The van der Waals surface area contributed by atoms with Crippen LogP contribution < -0.4 is 11.1 Å². The van der Waals surface area contributed by atoms with Crippen LogP contribution in [0.2, 0.25) is 0 Å². The lowest BCUT2D eigenvalue weighted by atomic mass is 9.96. The first-order chi connectivity index (χ1) is 11.8. The number of nitrogens with one attached hydrogen (secondary N) is 1. The van der Waals surface area contributed by atoms with E-state index in [0.717, 1.165) is 6.54 Å². The zero-order valence-electron chi connectivity index (χ0n) is 15.3. The van der Waals surface area contributed by atoms with Crippen LogP contribution >= 0.6 is 24.0 Å². The number of nitrogens with zero attached hydrogens (tertiary/aromatic N) is 2. The van der Waals surface area contributed by atoms with Gasteiger partial charge in [0, 0.05) is 12.6 Å². The van der Waals surface area contributed by atoms with Gasteiger partial charge in [0.25, 0.3) is 0 Å². The number of hydrogen-bond acceptors (Lipinski definition) is 2. The highest BCUT2D eigenvalue weighted by molar-refractivity contribution is 14.0. The van der Waals surface area contributed by atoms with Gasteiger partial charge in [-0.25, -0.2) is 4.99 Å². The van der Waals surface area contributed by atoms with E-state index in [4.69, 9.17) is 5.73 Å². The maximum Gasteiger partial charge on any atom is 0.189 e. The highest BCUT2D eigenvalue weighted by atomic mass is 127. The lowest BCUT2D eigenvalue weighted by Gasteiger charge is -2.26. The van der Waals surface area contributed by atoms with Crippen LogP contribution in [0.3, 0.4) is 0 Å². The van der Waals surface area contributed by atoms with Crippen LogP contribution in [0.5, 0.6) is 0 Å². The molecule has 0 aromatic heterocycles. The molecule has 5 heteroatoms. The van der Waals surface area contributed by atoms with Gasteiger partial charge in [-0.3, -0.25) is 4.90 Å². The Morgan fingerprint density at radius 2 is 1.56 bits per heavy atom. The molecule has 1 aromatic rings. The van der Waals surface area contributed by atoms with Gasteiger partial charge in [0.15, 0.2) is 5.96 Å². The van der Waals surface area contributed by atoms with Crippen LogP contribution in [0.15, 0.2) is 29.3 Å². The molecule has 1 heterocycles. The van der Waals surface area contributed by atoms with Crippen molar-refractivity contribution in [2.75, 3.05) is 13.1 Å². The molecule has 1 aliphatic heterocycles. The number of halogens is 1. The van der Waals surface area contributed by atoms with Crippen molar-refractivity contribution in [1.29, 1.82) is 0 Å². The number of guanidine groups is 1. The molecule has 0 bridgehead atoms. The van der Waals surface area contributed by atoms with Gasteiger partial charge in [-0.1, -0.05) is 49.9 Å². The van der Waals surface area contributed by atoms with Gasteiger partial charge in [0.05, 0.1) is 6.54 Å². The lowest BCUT2D eigenvalue weighted by molar-refractivity contribution is 0.221. The number of aliphatic imine (C=N–C) groups is 1. The van der Waals surface area contributed by atoms with Crippen molar-refractivity contribution in [2.45, 2.75) is 70.5 Å². The predicted octanol–water partition coefficient (Wildman–Crippen LogP) is 4.03. The van der Waals surface area contributed by atoms with Crippen LogP contribution in [0.1, 0.15) is 62.5 Å². The van der Waals surface area contributed by atoms with Crippen molar-refractivity contribution >= 4 is 29.9 Å². The van der Waals surface area contributed by atoms with Crippen molar-refractivity contribution in [2.24, 2.45) is 10.7 Å². The van der Waals surface area contributed by atoms with E-state index in [1.807, 2.05) is 0 Å². The zero-order chi connectivity index (χ0) is 16.6. The molecule has 0 unspecified atom stereocenters. The molecule has 3 N–H and O–H groups in total. The van der Waals surface area contributed by atoms with Crippen molar-refractivity contribution in [1.82, 2.24) is 10.2 Å². The van der Waals surface area contributed by atoms with Gasteiger partial charge in [-0.2, -0.15) is 0 Å². The second-order valence-corrected chi connectivity index (χ2v) is 7.33. The summed E-state index contributed by atoms with van der Waals surface area (Å²) >= 11 is 0. The molecule has 140 valence electrons. The summed E-state index contributed by atoms with van der Waals surface area (Å²) in [7, 11) is 0. The van der Waals surface area contributed by atoms with E-state index >= 15 is 0 Å². The summed E-state index contributed by atoms with van der Waals surface area (Å²) in [5.41, 5.74) is 8.67. The molecule has 1 aromatic carbocycles. The van der Waals surface area contributed by atoms with Crippen molar-refractivity contribution < 1.29 is 0 Å². The number of rotatable bonds is 5. The average Bonchev–Trinajstić information content (AvgIpc) is 2.63. The molecule has 0 atom stereocenters. The molecule has 0 amide bonds. The van der Waals surface area contributed by atoms with Crippen molar-refractivity contribution in [3.05, 3.63) is 35.4 Å². The minimum Gasteiger partial charge on any atom is -0.370 e. The molecule has 1 saturated carbocycles. The van der Waals surface area contributed by atoms with Crippen LogP contribution in [-0.2, 0) is 13.1 Å². The SMILES string of the molecule is I.NC(=NCc1ccc(CN2CCCCC2)cc1)NC1CCCCC1. The molecule has 1 saturated heterocycles. The normalized spacial score (nSPS) is 20.1. The lowest BCUT2D eigenvalue weighted by Crippen LogP contribution is -2.41. The number of piperidine rings is 1. The summed E-state index contributed by atoms with van der Waals surface area (Å²) in [5.74, 6) is 0.597. The second-order valence-electron chi connectivity index (χ2n) is 7.33. The Hall–Kier alpha value is -0.820. The van der Waals surface area contributed by atoms with Crippen molar-refractivity contribution in [3.8, 4) is 0 Å². The van der Waals surface area contributed by atoms with Crippen LogP contribution in [-0.4, -0.2) is 30.0 Å². The highest BCUT2D eigenvalue weighted by Gasteiger charge is 2.13. The van der Waals surface area contributed by atoms with Gasteiger partial charge in [0.1, 0.15) is 0 Å². The summed E-state index contributed by atoms with van der Waals surface area (Å²) in [6.07, 6.45) is 10.5. The maximum absolute atomic E-state index is 6.04. The third-order valence-corrected chi connectivity index (χ3v) is 5.27. The fraction of sp³-hybridized carbons (Fsp3) is 0.650. The molecule has 25 heavy (non-hydrogen) atoms. The Bertz CT molecular complexity index is 517. The maximum atomic E-state index is 6.04. The van der Waals surface area contributed by atoms with E-state index in [0.29, 0.717) is 18.5 Å². The number of benzene rings is 1. The molecule has 3 rings (SSSR count).